The number of hydrogen-bond acceptors (Lipinski definition) is 4. The molecule has 0 aliphatic carbocycles. The molecule has 0 radical (unpaired) electrons. The quantitative estimate of drug-likeness (QED) is 0.756. The Labute approximate surface area is 124 Å². The molecule has 1 aromatic carbocycles. The Kier molecular flexibility index (Phi) is 5.66. The number of rotatable bonds is 7. The summed E-state index contributed by atoms with van der Waals surface area (Å²) >= 11 is 0. The van der Waals surface area contributed by atoms with Gasteiger partial charge in [0, 0.05) is 32.7 Å². The van der Waals surface area contributed by atoms with E-state index in [4.69, 9.17) is 4.74 Å². The van der Waals surface area contributed by atoms with Crippen molar-refractivity contribution in [1.29, 1.82) is 0 Å². The molecule has 0 saturated heterocycles. The lowest BCUT2D eigenvalue weighted by Gasteiger charge is -2.07. The highest BCUT2D eigenvalue weighted by atomic mass is 16.5. The van der Waals surface area contributed by atoms with Gasteiger partial charge in [-0.2, -0.15) is 0 Å². The van der Waals surface area contributed by atoms with Crippen LogP contribution in [-0.2, 0) is 17.7 Å². The molecule has 5 nitrogen and oxygen atoms in total. The van der Waals surface area contributed by atoms with E-state index < -0.39 is 0 Å². The van der Waals surface area contributed by atoms with Crippen molar-refractivity contribution in [3.63, 3.8) is 0 Å². The number of aromatic nitrogens is 2. The average Bonchev–Trinajstić information content (AvgIpc) is 2.46. The van der Waals surface area contributed by atoms with Gasteiger partial charge in [-0.05, 0) is 18.1 Å². The summed E-state index contributed by atoms with van der Waals surface area (Å²) < 4.78 is 4.97. The number of methoxy groups -OCH3 is 1. The van der Waals surface area contributed by atoms with Gasteiger partial charge in [0.05, 0.1) is 12.3 Å². The molecule has 0 spiro atoms. The van der Waals surface area contributed by atoms with E-state index >= 15 is 0 Å². The lowest BCUT2D eigenvalue weighted by Crippen LogP contribution is -2.22. The molecule has 1 heterocycles. The van der Waals surface area contributed by atoms with Crippen molar-refractivity contribution >= 4 is 0 Å². The van der Waals surface area contributed by atoms with Crippen LogP contribution in [0.4, 0.5) is 0 Å². The molecule has 2 N–H and O–H groups in total. The maximum atomic E-state index is 11.7. The predicted octanol–water partition coefficient (Wildman–Crippen LogP) is 1.41. The molecule has 0 saturated carbocycles. The van der Waals surface area contributed by atoms with Gasteiger partial charge in [-0.1, -0.05) is 24.3 Å². The second kappa shape index (κ2) is 7.71. The molecule has 0 bridgehead atoms. The Morgan fingerprint density at radius 3 is 2.90 bits per heavy atom. The number of H-pyrrole nitrogens is 1. The van der Waals surface area contributed by atoms with E-state index in [0.717, 1.165) is 12.2 Å². The third-order valence-corrected chi connectivity index (χ3v) is 3.25. The molecule has 0 aliphatic heterocycles. The van der Waals surface area contributed by atoms with Gasteiger partial charge < -0.3 is 15.0 Å². The fraction of sp³-hybridized carbons (Fsp3) is 0.375. The van der Waals surface area contributed by atoms with Crippen molar-refractivity contribution in [3.05, 3.63) is 63.3 Å². The second-order valence-corrected chi connectivity index (χ2v) is 4.96. The minimum Gasteiger partial charge on any atom is -0.383 e. The normalized spacial score (nSPS) is 10.8. The van der Waals surface area contributed by atoms with E-state index in [1.165, 1.54) is 17.2 Å². The van der Waals surface area contributed by atoms with Gasteiger partial charge in [0.2, 0.25) is 0 Å². The van der Waals surface area contributed by atoms with E-state index in [9.17, 15) is 4.79 Å². The van der Waals surface area contributed by atoms with Gasteiger partial charge in [0.1, 0.15) is 5.82 Å². The van der Waals surface area contributed by atoms with Gasteiger partial charge in [-0.3, -0.25) is 4.79 Å². The Balaban J connectivity index is 2.08. The van der Waals surface area contributed by atoms with Gasteiger partial charge in [0.15, 0.2) is 0 Å². The molecular weight excluding hydrogens is 266 g/mol. The average molecular weight is 287 g/mol. The van der Waals surface area contributed by atoms with Crippen LogP contribution >= 0.6 is 0 Å². The van der Waals surface area contributed by atoms with Crippen LogP contribution in [0.5, 0.6) is 0 Å². The van der Waals surface area contributed by atoms with Crippen molar-refractivity contribution in [2.45, 2.75) is 19.9 Å². The summed E-state index contributed by atoms with van der Waals surface area (Å²) in [4.78, 5) is 19.0. The number of benzene rings is 1. The third kappa shape index (κ3) is 4.81. The van der Waals surface area contributed by atoms with Crippen molar-refractivity contribution in [1.82, 2.24) is 15.3 Å². The molecular formula is C16H21N3O2. The molecule has 112 valence electrons. The van der Waals surface area contributed by atoms with E-state index in [1.807, 2.05) is 12.1 Å². The second-order valence-electron chi connectivity index (χ2n) is 4.96. The van der Waals surface area contributed by atoms with Crippen molar-refractivity contribution in [2.24, 2.45) is 0 Å². The van der Waals surface area contributed by atoms with Gasteiger partial charge in [0.25, 0.3) is 5.56 Å². The summed E-state index contributed by atoms with van der Waals surface area (Å²) in [6, 6.07) is 9.64. The summed E-state index contributed by atoms with van der Waals surface area (Å²) in [6.07, 6.45) is 0.633. The molecule has 0 fully saturated rings. The SMILES string of the molecule is COCCNCc1cc(=O)[nH]c(Cc2ccccc2C)n1. The number of hydrogen-bond donors (Lipinski definition) is 2. The third-order valence-electron chi connectivity index (χ3n) is 3.25. The van der Waals surface area contributed by atoms with Crippen LogP contribution < -0.4 is 10.9 Å². The first-order valence-corrected chi connectivity index (χ1v) is 7.02. The fourth-order valence-electron chi connectivity index (χ4n) is 2.12. The minimum absolute atomic E-state index is 0.114. The summed E-state index contributed by atoms with van der Waals surface area (Å²) in [7, 11) is 1.66. The first-order valence-electron chi connectivity index (χ1n) is 7.02. The standard InChI is InChI=1S/C16H21N3O2/c1-12-5-3-4-6-13(12)9-15-18-14(10-16(20)19-15)11-17-7-8-21-2/h3-6,10,17H,7-9,11H2,1-2H3,(H,18,19,20). The van der Waals surface area contributed by atoms with Crippen LogP contribution in [0.2, 0.25) is 0 Å². The summed E-state index contributed by atoms with van der Waals surface area (Å²) in [6.45, 7) is 4.00. The number of nitrogens with one attached hydrogen (secondary N) is 2. The van der Waals surface area contributed by atoms with Gasteiger partial charge >= 0.3 is 0 Å². The summed E-state index contributed by atoms with van der Waals surface area (Å²) in [5, 5.41) is 3.19. The van der Waals surface area contributed by atoms with Crippen molar-refractivity contribution < 1.29 is 4.74 Å². The van der Waals surface area contributed by atoms with E-state index in [1.54, 1.807) is 7.11 Å². The highest BCUT2D eigenvalue weighted by molar-refractivity contribution is 5.28. The topological polar surface area (TPSA) is 67.0 Å². The Bertz CT molecular complexity index is 637. The molecule has 0 amide bonds. The largest absolute Gasteiger partial charge is 0.383 e. The number of nitrogens with zero attached hydrogens (tertiary/aromatic N) is 1. The highest BCUT2D eigenvalue weighted by Crippen LogP contribution is 2.10. The zero-order chi connectivity index (χ0) is 15.1. The monoisotopic (exact) mass is 287 g/mol. The van der Waals surface area contributed by atoms with Crippen LogP contribution in [0.3, 0.4) is 0 Å². The van der Waals surface area contributed by atoms with E-state index in [2.05, 4.69) is 34.3 Å². The molecule has 2 aromatic rings. The molecule has 2 rings (SSSR count). The maximum Gasteiger partial charge on any atom is 0.251 e. The van der Waals surface area contributed by atoms with Gasteiger partial charge in [-0.25, -0.2) is 4.98 Å². The molecule has 21 heavy (non-hydrogen) atoms. The molecule has 0 aliphatic rings. The molecule has 0 atom stereocenters. The molecule has 1 aromatic heterocycles. The lowest BCUT2D eigenvalue weighted by molar-refractivity contribution is 0.199. The van der Waals surface area contributed by atoms with Crippen LogP contribution in [0.1, 0.15) is 22.6 Å². The number of aryl methyl sites for hydroxylation is 1. The van der Waals surface area contributed by atoms with Crippen LogP contribution in [-0.4, -0.2) is 30.2 Å². The van der Waals surface area contributed by atoms with Crippen LogP contribution in [0.15, 0.2) is 35.1 Å². The zero-order valence-electron chi connectivity index (χ0n) is 12.5. The fourth-order valence-corrected chi connectivity index (χ4v) is 2.12. The minimum atomic E-state index is -0.114. The van der Waals surface area contributed by atoms with E-state index in [-0.39, 0.29) is 5.56 Å². The Hall–Kier alpha value is -1.98. The first-order chi connectivity index (χ1) is 10.2. The number of aromatic amines is 1. The Morgan fingerprint density at radius 2 is 2.14 bits per heavy atom. The first kappa shape index (κ1) is 15.4. The van der Waals surface area contributed by atoms with Gasteiger partial charge in [-0.15, -0.1) is 0 Å². The summed E-state index contributed by atoms with van der Waals surface area (Å²) in [5.74, 6) is 0.695. The lowest BCUT2D eigenvalue weighted by atomic mass is 10.1. The molecule has 5 heteroatoms. The Morgan fingerprint density at radius 1 is 1.33 bits per heavy atom. The van der Waals surface area contributed by atoms with Crippen molar-refractivity contribution in [3.8, 4) is 0 Å². The summed E-state index contributed by atoms with van der Waals surface area (Å²) in [5.41, 5.74) is 3.00. The number of ether oxygens (including phenoxy) is 1. The molecule has 0 unspecified atom stereocenters. The maximum absolute atomic E-state index is 11.7. The van der Waals surface area contributed by atoms with Crippen LogP contribution in [0.25, 0.3) is 0 Å². The highest BCUT2D eigenvalue weighted by Gasteiger charge is 2.04. The van der Waals surface area contributed by atoms with Crippen LogP contribution in [0, 0.1) is 6.92 Å². The zero-order valence-corrected chi connectivity index (χ0v) is 12.5. The smallest absolute Gasteiger partial charge is 0.251 e. The predicted molar refractivity (Wildman–Crippen MR) is 82.4 cm³/mol. The van der Waals surface area contributed by atoms with E-state index in [0.29, 0.717) is 25.4 Å². The van der Waals surface area contributed by atoms with Crippen molar-refractivity contribution in [2.75, 3.05) is 20.3 Å².